The number of rotatable bonds is 1. The monoisotopic (exact) mass is 159 g/mol. The molecule has 0 aliphatic rings. The van der Waals surface area contributed by atoms with Gasteiger partial charge in [0.25, 0.3) is 0 Å². The molecule has 0 bridgehead atoms. The molecule has 0 aromatic rings. The first kappa shape index (κ1) is 8.97. The van der Waals surface area contributed by atoms with Crippen LogP contribution in [0.5, 0.6) is 0 Å². The third-order valence-electron chi connectivity index (χ3n) is 0.111. The van der Waals surface area contributed by atoms with Gasteiger partial charge in [0, 0.05) is 22.4 Å². The summed E-state index contributed by atoms with van der Waals surface area (Å²) >= 11 is 0. The molecule has 0 fully saturated rings. The van der Waals surface area contributed by atoms with E-state index in [1.807, 2.05) is 0 Å². The second kappa shape index (κ2) is 8.88. The molecule has 5 heavy (non-hydrogen) atoms. The van der Waals surface area contributed by atoms with Crippen molar-refractivity contribution in [3.8, 4) is 0 Å². The van der Waals surface area contributed by atoms with Gasteiger partial charge < -0.3 is 25.3 Å². The Labute approximate surface area is 48.1 Å². The summed E-state index contributed by atoms with van der Waals surface area (Å²) in [6.45, 7) is 9.44. The Kier molecular flexibility index (Phi) is 15.9. The maximum atomic E-state index is 4.72. The Morgan fingerprint density at radius 2 is 1.20 bits per heavy atom. The van der Waals surface area contributed by atoms with Gasteiger partial charge in [-0.05, 0) is 0 Å². The van der Waals surface area contributed by atoms with Crippen molar-refractivity contribution in [1.29, 1.82) is 0 Å². The molecule has 33 valence electrons. The summed E-state index contributed by atoms with van der Waals surface area (Å²) in [5.74, 6) is 0. The molecule has 0 heterocycles. The minimum atomic E-state index is 0. The Morgan fingerprint density at radius 1 is 1.00 bits per heavy atom. The largest absolute Gasteiger partial charge is 0.394 e. The van der Waals surface area contributed by atoms with Crippen molar-refractivity contribution in [2.24, 2.45) is 0 Å². The maximum absolute atomic E-state index is 4.72. The summed E-state index contributed by atoms with van der Waals surface area (Å²) < 4.78 is 0. The fourth-order valence-corrected chi connectivity index (χ4v) is 0. The second-order valence-corrected chi connectivity index (χ2v) is 0.385. The molecule has 0 rings (SSSR count). The third kappa shape index (κ3) is 14.0. The minimum Gasteiger partial charge on any atom is -0.394 e. The summed E-state index contributed by atoms with van der Waals surface area (Å²) in [5.41, 5.74) is 0. The summed E-state index contributed by atoms with van der Waals surface area (Å²) in [7, 11) is 0. The van der Waals surface area contributed by atoms with E-state index in [1.165, 1.54) is 12.2 Å². The minimum absolute atomic E-state index is 0. The summed E-state index contributed by atoms with van der Waals surface area (Å²) in [6.07, 6.45) is 2.56. The SMILES string of the molecule is [Ag].[CH-]=CC=[CH-]. The van der Waals surface area contributed by atoms with E-state index in [0.717, 1.165) is 0 Å². The van der Waals surface area contributed by atoms with Gasteiger partial charge in [0.05, 0.1) is 0 Å². The van der Waals surface area contributed by atoms with E-state index in [9.17, 15) is 0 Å². The van der Waals surface area contributed by atoms with Gasteiger partial charge >= 0.3 is 0 Å². The molecule has 0 aliphatic carbocycles. The first-order valence-corrected chi connectivity index (χ1v) is 1.00. The van der Waals surface area contributed by atoms with Crippen molar-refractivity contribution < 1.29 is 22.4 Å². The molecular weight excluding hydrogens is 156 g/mol. The molecular formula is C4H4Ag-2. The Bertz CT molecular complexity index is 24.6. The molecule has 0 saturated carbocycles. The van der Waals surface area contributed by atoms with Gasteiger partial charge in [-0.15, -0.1) is 0 Å². The van der Waals surface area contributed by atoms with Gasteiger partial charge in [-0.3, -0.25) is 0 Å². The summed E-state index contributed by atoms with van der Waals surface area (Å²) in [4.78, 5) is 0. The molecule has 0 aromatic heterocycles. The molecule has 0 aliphatic heterocycles. The average Bonchev–Trinajstić information content (AvgIpc) is 1.37. The molecule has 1 radical (unpaired) electrons. The van der Waals surface area contributed by atoms with Crippen LogP contribution in [0.1, 0.15) is 0 Å². The maximum Gasteiger partial charge on any atom is 0 e. The average molecular weight is 160 g/mol. The van der Waals surface area contributed by atoms with E-state index >= 15 is 0 Å². The fraction of sp³-hybridized carbons (Fsp3) is 0. The van der Waals surface area contributed by atoms with Crippen LogP contribution in [0, 0.1) is 13.2 Å². The standard InChI is InChI=1S/C4H4.Ag/c1-3-4-2;/h1-4H;/q-2;. The van der Waals surface area contributed by atoms with Crippen LogP contribution in [0.2, 0.25) is 0 Å². The quantitative estimate of drug-likeness (QED) is 0.304. The van der Waals surface area contributed by atoms with Crippen LogP contribution in [0.25, 0.3) is 0 Å². The predicted octanol–water partition coefficient (Wildman–Crippen LogP) is 0.962. The first-order valence-electron chi connectivity index (χ1n) is 1.00. The number of allylic oxidation sites excluding steroid dienone is 2. The molecule has 0 saturated heterocycles. The molecule has 0 aromatic carbocycles. The second-order valence-electron chi connectivity index (χ2n) is 0.385. The van der Waals surface area contributed by atoms with Crippen LogP contribution in [-0.2, 0) is 22.4 Å². The summed E-state index contributed by atoms with van der Waals surface area (Å²) in [6, 6.07) is 0. The molecule has 0 spiro atoms. The van der Waals surface area contributed by atoms with Crippen molar-refractivity contribution >= 4 is 0 Å². The molecule has 1 heteroatoms. The van der Waals surface area contributed by atoms with Gasteiger partial charge in [0.15, 0.2) is 0 Å². The molecule has 0 nitrogen and oxygen atoms in total. The van der Waals surface area contributed by atoms with E-state index in [0.29, 0.717) is 0 Å². The van der Waals surface area contributed by atoms with E-state index in [4.69, 9.17) is 13.2 Å². The zero-order chi connectivity index (χ0) is 3.41. The van der Waals surface area contributed by atoms with Gasteiger partial charge in [-0.25, -0.2) is 0 Å². The van der Waals surface area contributed by atoms with Crippen molar-refractivity contribution in [1.82, 2.24) is 0 Å². The van der Waals surface area contributed by atoms with E-state index in [-0.39, 0.29) is 22.4 Å². The zero-order valence-corrected chi connectivity index (χ0v) is 4.09. The van der Waals surface area contributed by atoms with Crippen LogP contribution in [-0.4, -0.2) is 0 Å². The number of hydrogen-bond donors (Lipinski definition) is 0. The molecule has 0 atom stereocenters. The van der Waals surface area contributed by atoms with E-state index in [2.05, 4.69) is 0 Å². The van der Waals surface area contributed by atoms with Crippen molar-refractivity contribution in [2.75, 3.05) is 0 Å². The van der Waals surface area contributed by atoms with Gasteiger partial charge in [-0.2, -0.15) is 0 Å². The van der Waals surface area contributed by atoms with Crippen LogP contribution < -0.4 is 0 Å². The Balaban J connectivity index is 0. The van der Waals surface area contributed by atoms with Crippen molar-refractivity contribution in [3.63, 3.8) is 0 Å². The topological polar surface area (TPSA) is 0 Å². The smallest absolute Gasteiger partial charge is 0 e. The van der Waals surface area contributed by atoms with Crippen LogP contribution in [0.3, 0.4) is 0 Å². The number of hydrogen-bond acceptors (Lipinski definition) is 0. The van der Waals surface area contributed by atoms with Gasteiger partial charge in [0.1, 0.15) is 0 Å². The Morgan fingerprint density at radius 3 is 1.20 bits per heavy atom. The van der Waals surface area contributed by atoms with Gasteiger partial charge in [0.2, 0.25) is 0 Å². The van der Waals surface area contributed by atoms with Crippen molar-refractivity contribution in [2.45, 2.75) is 0 Å². The normalized spacial score (nSPS) is 4.00. The predicted molar refractivity (Wildman–Crippen MR) is 17.7 cm³/mol. The Hall–Kier alpha value is 0.220. The van der Waals surface area contributed by atoms with Gasteiger partial charge in [-0.1, -0.05) is 0 Å². The van der Waals surface area contributed by atoms with Crippen molar-refractivity contribution in [3.05, 3.63) is 25.3 Å². The molecule has 0 N–H and O–H groups in total. The third-order valence-corrected chi connectivity index (χ3v) is 0.111. The summed E-state index contributed by atoms with van der Waals surface area (Å²) in [5, 5.41) is 0. The van der Waals surface area contributed by atoms with E-state index in [1.54, 1.807) is 0 Å². The van der Waals surface area contributed by atoms with Crippen LogP contribution >= 0.6 is 0 Å². The molecule has 0 amide bonds. The van der Waals surface area contributed by atoms with Crippen LogP contribution in [0.15, 0.2) is 12.2 Å². The fourth-order valence-electron chi connectivity index (χ4n) is 0. The van der Waals surface area contributed by atoms with E-state index < -0.39 is 0 Å². The van der Waals surface area contributed by atoms with Crippen LogP contribution in [0.4, 0.5) is 0 Å². The first-order chi connectivity index (χ1) is 1.91. The molecule has 0 unspecified atom stereocenters. The zero-order valence-electron chi connectivity index (χ0n) is 2.61.